The van der Waals surface area contributed by atoms with Crippen LogP contribution in [0, 0.1) is 6.92 Å². The number of aromatic hydroxyl groups is 1. The molecule has 0 aliphatic heterocycles. The second-order valence-corrected chi connectivity index (χ2v) is 10.3. The first kappa shape index (κ1) is 25.1. The number of hydrogen-bond donors (Lipinski definition) is 2. The average Bonchev–Trinajstić information content (AvgIpc) is 2.88. The van der Waals surface area contributed by atoms with E-state index in [9.17, 15) is 18.3 Å². The minimum atomic E-state index is -3.92. The molecule has 0 saturated carbocycles. The van der Waals surface area contributed by atoms with Crippen LogP contribution in [-0.2, 0) is 21.2 Å². The van der Waals surface area contributed by atoms with Gasteiger partial charge in [0.15, 0.2) is 0 Å². The molecule has 0 bridgehead atoms. The second kappa shape index (κ2) is 11.2. The number of amides is 1. The van der Waals surface area contributed by atoms with Crippen molar-refractivity contribution in [2.24, 2.45) is 5.10 Å². The van der Waals surface area contributed by atoms with Crippen molar-refractivity contribution in [1.82, 2.24) is 9.73 Å². The number of phenolic OH excluding ortho intramolecular Hbond substituents is 1. The molecule has 184 valence electrons. The van der Waals surface area contributed by atoms with E-state index in [2.05, 4.69) is 10.5 Å². The van der Waals surface area contributed by atoms with E-state index in [-0.39, 0.29) is 17.2 Å². The maximum atomic E-state index is 13.4. The molecular formula is C28H27N3O4S. The summed E-state index contributed by atoms with van der Waals surface area (Å²) < 4.78 is 27.9. The molecule has 0 atom stereocenters. The Bertz CT molecular complexity index is 1480. The van der Waals surface area contributed by atoms with Crippen LogP contribution in [0.4, 0.5) is 0 Å². The molecular weight excluding hydrogens is 474 g/mol. The fourth-order valence-corrected chi connectivity index (χ4v) is 5.22. The van der Waals surface area contributed by atoms with Gasteiger partial charge in [-0.25, -0.2) is 13.8 Å². The van der Waals surface area contributed by atoms with Crippen LogP contribution >= 0.6 is 0 Å². The number of sulfonamides is 1. The summed E-state index contributed by atoms with van der Waals surface area (Å²) >= 11 is 0. The Hall–Kier alpha value is -4.01. The van der Waals surface area contributed by atoms with Gasteiger partial charge >= 0.3 is 0 Å². The van der Waals surface area contributed by atoms with Gasteiger partial charge in [-0.2, -0.15) is 9.41 Å². The zero-order chi connectivity index (χ0) is 25.5. The van der Waals surface area contributed by atoms with Gasteiger partial charge in [0.2, 0.25) is 10.0 Å². The quantitative estimate of drug-likeness (QED) is 0.265. The lowest BCUT2D eigenvalue weighted by molar-refractivity contribution is -0.121. The van der Waals surface area contributed by atoms with Crippen molar-refractivity contribution in [3.8, 4) is 5.75 Å². The molecule has 0 fully saturated rings. The summed E-state index contributed by atoms with van der Waals surface area (Å²) in [5, 5.41) is 15.9. The number of rotatable bonds is 9. The van der Waals surface area contributed by atoms with E-state index in [1.54, 1.807) is 36.4 Å². The van der Waals surface area contributed by atoms with Gasteiger partial charge in [0.05, 0.1) is 17.7 Å². The largest absolute Gasteiger partial charge is 0.507 e. The maximum absolute atomic E-state index is 13.4. The fourth-order valence-electron chi connectivity index (χ4n) is 3.83. The number of hydrazone groups is 1. The van der Waals surface area contributed by atoms with Crippen LogP contribution in [0.25, 0.3) is 10.8 Å². The van der Waals surface area contributed by atoms with Gasteiger partial charge in [-0.05, 0) is 47.9 Å². The SMILES string of the molecule is Cc1ccc(S(=O)(=O)N(CCc2ccccc2)CC(=O)NN=Cc2c(O)ccc3ccccc23)cc1. The minimum Gasteiger partial charge on any atom is -0.507 e. The van der Waals surface area contributed by atoms with E-state index in [4.69, 9.17) is 0 Å². The molecule has 0 spiro atoms. The Morgan fingerprint density at radius 2 is 1.64 bits per heavy atom. The lowest BCUT2D eigenvalue weighted by atomic mass is 10.0. The van der Waals surface area contributed by atoms with E-state index < -0.39 is 22.5 Å². The first-order chi connectivity index (χ1) is 17.3. The highest BCUT2D eigenvalue weighted by molar-refractivity contribution is 7.89. The van der Waals surface area contributed by atoms with Gasteiger partial charge < -0.3 is 5.11 Å². The molecule has 1 amide bonds. The van der Waals surface area contributed by atoms with E-state index >= 15 is 0 Å². The summed E-state index contributed by atoms with van der Waals surface area (Å²) in [7, 11) is -3.92. The molecule has 0 aliphatic rings. The monoisotopic (exact) mass is 501 g/mol. The molecule has 4 aromatic carbocycles. The third-order valence-electron chi connectivity index (χ3n) is 5.80. The van der Waals surface area contributed by atoms with Crippen molar-refractivity contribution in [3.63, 3.8) is 0 Å². The third kappa shape index (κ3) is 5.97. The van der Waals surface area contributed by atoms with Crippen molar-refractivity contribution in [2.45, 2.75) is 18.2 Å². The number of nitrogens with one attached hydrogen (secondary N) is 1. The fraction of sp³-hybridized carbons (Fsp3) is 0.143. The summed E-state index contributed by atoms with van der Waals surface area (Å²) in [5.74, 6) is -0.562. The zero-order valence-electron chi connectivity index (χ0n) is 19.8. The predicted molar refractivity (Wildman–Crippen MR) is 141 cm³/mol. The van der Waals surface area contributed by atoms with Crippen LogP contribution in [-0.4, -0.2) is 43.0 Å². The Morgan fingerprint density at radius 1 is 0.944 bits per heavy atom. The molecule has 0 aliphatic carbocycles. The average molecular weight is 502 g/mol. The van der Waals surface area contributed by atoms with E-state index in [0.29, 0.717) is 12.0 Å². The van der Waals surface area contributed by atoms with Gasteiger partial charge in [0, 0.05) is 12.1 Å². The molecule has 0 heterocycles. The van der Waals surface area contributed by atoms with Crippen molar-refractivity contribution < 1.29 is 18.3 Å². The van der Waals surface area contributed by atoms with Crippen molar-refractivity contribution >= 4 is 32.9 Å². The molecule has 0 aromatic heterocycles. The molecule has 0 radical (unpaired) electrons. The molecule has 0 unspecified atom stereocenters. The van der Waals surface area contributed by atoms with E-state index in [1.807, 2.05) is 61.5 Å². The summed E-state index contributed by atoms with van der Waals surface area (Å²) in [6, 6.07) is 26.9. The van der Waals surface area contributed by atoms with E-state index in [1.165, 1.54) is 6.21 Å². The van der Waals surface area contributed by atoms with Crippen LogP contribution in [0.15, 0.2) is 101 Å². The standard InChI is InChI=1S/C28H27N3O4S/c1-21-11-14-24(15-12-21)36(34,35)31(18-17-22-7-3-2-4-8-22)20-28(33)30-29-19-26-25-10-6-5-9-23(25)13-16-27(26)32/h2-16,19,32H,17-18,20H2,1H3,(H,30,33). The molecule has 4 rings (SSSR count). The van der Waals surface area contributed by atoms with Crippen LogP contribution in [0.1, 0.15) is 16.7 Å². The number of carbonyl (C=O) groups is 1. The number of hydrogen-bond acceptors (Lipinski definition) is 5. The highest BCUT2D eigenvalue weighted by Crippen LogP contribution is 2.25. The lowest BCUT2D eigenvalue weighted by Crippen LogP contribution is -2.40. The number of benzene rings is 4. The molecule has 4 aromatic rings. The van der Waals surface area contributed by atoms with Crippen molar-refractivity contribution in [1.29, 1.82) is 0 Å². The Balaban J connectivity index is 1.52. The smallest absolute Gasteiger partial charge is 0.255 e. The molecule has 0 saturated heterocycles. The molecule has 2 N–H and O–H groups in total. The van der Waals surface area contributed by atoms with Crippen LogP contribution in [0.3, 0.4) is 0 Å². The first-order valence-electron chi connectivity index (χ1n) is 11.5. The summed E-state index contributed by atoms with van der Waals surface area (Å²) in [6.45, 7) is 1.60. The third-order valence-corrected chi connectivity index (χ3v) is 7.66. The highest BCUT2D eigenvalue weighted by Gasteiger charge is 2.26. The zero-order valence-corrected chi connectivity index (χ0v) is 20.7. The minimum absolute atomic E-state index is 0.0261. The lowest BCUT2D eigenvalue weighted by Gasteiger charge is -2.21. The predicted octanol–water partition coefficient (Wildman–Crippen LogP) is 4.24. The number of phenols is 1. The Labute approximate surface area is 210 Å². The number of aryl methyl sites for hydroxylation is 1. The molecule has 8 heteroatoms. The number of carbonyl (C=O) groups excluding carboxylic acids is 1. The van der Waals surface area contributed by atoms with Gasteiger partial charge in [0.1, 0.15) is 5.75 Å². The highest BCUT2D eigenvalue weighted by atomic mass is 32.2. The van der Waals surface area contributed by atoms with Crippen LogP contribution in [0.2, 0.25) is 0 Å². The van der Waals surface area contributed by atoms with Gasteiger partial charge in [0.25, 0.3) is 5.91 Å². The topological polar surface area (TPSA) is 99.1 Å². The molecule has 7 nitrogen and oxygen atoms in total. The summed E-state index contributed by atoms with van der Waals surface area (Å²) in [5.41, 5.74) is 4.76. The van der Waals surface area contributed by atoms with Crippen LogP contribution < -0.4 is 5.43 Å². The van der Waals surface area contributed by atoms with Gasteiger partial charge in [-0.3, -0.25) is 4.79 Å². The van der Waals surface area contributed by atoms with Gasteiger partial charge in [-0.15, -0.1) is 0 Å². The summed E-state index contributed by atoms with van der Waals surface area (Å²) in [4.78, 5) is 12.9. The number of fused-ring (bicyclic) bond motifs is 1. The van der Waals surface area contributed by atoms with Crippen molar-refractivity contribution in [2.75, 3.05) is 13.1 Å². The Morgan fingerprint density at radius 3 is 2.39 bits per heavy atom. The van der Waals surface area contributed by atoms with Crippen LogP contribution in [0.5, 0.6) is 5.75 Å². The first-order valence-corrected chi connectivity index (χ1v) is 12.9. The van der Waals surface area contributed by atoms with E-state index in [0.717, 1.165) is 26.2 Å². The molecule has 36 heavy (non-hydrogen) atoms. The normalized spacial score (nSPS) is 11.8. The van der Waals surface area contributed by atoms with Crippen molar-refractivity contribution in [3.05, 3.63) is 108 Å². The Kier molecular flexibility index (Phi) is 7.77. The second-order valence-electron chi connectivity index (χ2n) is 8.40. The van der Waals surface area contributed by atoms with Gasteiger partial charge in [-0.1, -0.05) is 78.4 Å². The maximum Gasteiger partial charge on any atom is 0.255 e. The summed E-state index contributed by atoms with van der Waals surface area (Å²) in [6.07, 6.45) is 1.81. The number of nitrogens with zero attached hydrogens (tertiary/aromatic N) is 2.